The summed E-state index contributed by atoms with van der Waals surface area (Å²) in [5.41, 5.74) is 7.26. The number of fused-ring (bicyclic) bond motifs is 1. The molecule has 0 N–H and O–H groups in total. The second-order valence-electron chi connectivity index (χ2n) is 7.48. The maximum absolute atomic E-state index is 7.65. The molecular weight excluding hydrogens is 541 g/mol. The van der Waals surface area contributed by atoms with E-state index < -0.39 is 15.9 Å². The van der Waals surface area contributed by atoms with Crippen molar-refractivity contribution in [2.75, 3.05) is 0 Å². The van der Waals surface area contributed by atoms with E-state index in [0.29, 0.717) is 9.59 Å². The summed E-state index contributed by atoms with van der Waals surface area (Å²) in [7, 11) is 7.65. The van der Waals surface area contributed by atoms with E-state index in [1.165, 1.54) is 27.8 Å². The molecule has 0 heterocycles. The molecule has 0 spiro atoms. The Morgan fingerprint density at radius 3 is 2.17 bits per heavy atom. The summed E-state index contributed by atoms with van der Waals surface area (Å²) >= 11 is -3.72. The number of benzene rings is 1. The van der Waals surface area contributed by atoms with Crippen LogP contribution in [0.15, 0.2) is 50.4 Å². The molecule has 0 saturated heterocycles. The largest absolute Gasteiger partial charge is 0.147 e. The molecule has 2 unspecified atom stereocenters. The summed E-state index contributed by atoms with van der Waals surface area (Å²) in [4.78, 5) is 0. The zero-order chi connectivity index (χ0) is 16.3. The normalized spacial score (nSPS) is 23.1. The first-order valence-corrected chi connectivity index (χ1v) is 28.3. The van der Waals surface area contributed by atoms with Gasteiger partial charge in [-0.05, 0) is 0 Å². The van der Waals surface area contributed by atoms with Crippen LogP contribution in [0.25, 0.3) is 6.08 Å². The molecule has 2 atom stereocenters. The maximum atomic E-state index is 7.65. The summed E-state index contributed by atoms with van der Waals surface area (Å²) in [6.45, 7) is 11.4. The molecule has 2 aliphatic carbocycles. The van der Waals surface area contributed by atoms with Crippen molar-refractivity contribution in [3.8, 4) is 0 Å². The van der Waals surface area contributed by atoms with Crippen LogP contribution in [0.4, 0.5) is 0 Å². The van der Waals surface area contributed by atoms with Crippen molar-refractivity contribution in [1.82, 2.24) is 0 Å². The molecule has 0 nitrogen and oxygen atoms in total. The predicted octanol–water partition coefficient (Wildman–Crippen LogP) is 6.30. The standard InChI is InChI=1S/C9H7.C9H13.CH3.3ClH.Hf.H2Si/c1-2-5-9-7-3-6-8(9)4-1;1-6-5-7(2)9(4)8(6)3;;;;;;/h1-7H;6H,1-4H3;1H3;3*1H;;1H2/q;;;;;;+1;/p-1. The minimum absolute atomic E-state index is 0. The smallest absolute Gasteiger partial charge is 0.147 e. The molecule has 0 aliphatic heterocycles. The van der Waals surface area contributed by atoms with Crippen molar-refractivity contribution in [1.29, 1.82) is 0 Å². The quantitative estimate of drug-likeness (QED) is 0.368. The van der Waals surface area contributed by atoms with Crippen LogP contribution >= 0.6 is 33.4 Å². The molecule has 5 heteroatoms. The molecule has 0 fully saturated rings. The van der Waals surface area contributed by atoms with E-state index in [-0.39, 0.29) is 24.8 Å². The number of allylic oxidation sites excluding steroid dienone is 5. The molecule has 0 saturated carbocycles. The van der Waals surface area contributed by atoms with Gasteiger partial charge in [0.1, 0.15) is 0 Å². The van der Waals surface area contributed by atoms with Crippen LogP contribution in [0.5, 0.6) is 0 Å². The molecule has 3 rings (SSSR count). The summed E-state index contributed by atoms with van der Waals surface area (Å²) in [5, 5.41) is 0. The Kier molecular flexibility index (Phi) is 6.72. The van der Waals surface area contributed by atoms with Crippen molar-refractivity contribution in [3.05, 3.63) is 61.5 Å². The van der Waals surface area contributed by atoms with E-state index in [4.69, 9.17) is 8.58 Å². The summed E-state index contributed by atoms with van der Waals surface area (Å²) in [6, 6.07) is 8.77. The van der Waals surface area contributed by atoms with Gasteiger partial charge in [0.2, 0.25) is 0 Å². The first kappa shape index (κ1) is 22.4. The average Bonchev–Trinajstić information content (AvgIpc) is 2.96. The molecule has 1 aromatic rings. The van der Waals surface area contributed by atoms with Gasteiger partial charge in [-0.25, -0.2) is 0 Å². The predicted molar refractivity (Wildman–Crippen MR) is 113 cm³/mol. The van der Waals surface area contributed by atoms with Crippen molar-refractivity contribution >= 4 is 46.4 Å². The second kappa shape index (κ2) is 7.19. The molecule has 0 radical (unpaired) electrons. The molecule has 24 heavy (non-hydrogen) atoms. The molecule has 1 aromatic carbocycles. The van der Waals surface area contributed by atoms with Crippen LogP contribution in [-0.4, -0.2) is 6.94 Å². The Bertz CT molecular complexity index is 827. The fraction of sp³-hybridized carbons (Fsp3) is 0.368. The summed E-state index contributed by atoms with van der Waals surface area (Å²) < 4.78 is 4.48. The van der Waals surface area contributed by atoms with E-state index in [2.05, 4.69) is 75.7 Å². The van der Waals surface area contributed by atoms with Crippen LogP contribution in [-0.2, 0) is 15.9 Å². The van der Waals surface area contributed by atoms with Gasteiger partial charge in [0.25, 0.3) is 0 Å². The Morgan fingerprint density at radius 2 is 1.62 bits per heavy atom. The van der Waals surface area contributed by atoms with Crippen molar-refractivity contribution in [3.63, 3.8) is 0 Å². The number of rotatable bonds is 2. The minimum atomic E-state index is -3.72. The van der Waals surface area contributed by atoms with E-state index in [0.717, 1.165) is 0 Å². The number of hydrogen-bond acceptors (Lipinski definition) is 0. The summed E-state index contributed by atoms with van der Waals surface area (Å²) in [5.74, 6) is 0.511. The van der Waals surface area contributed by atoms with Gasteiger partial charge in [-0.1, -0.05) is 0 Å². The third-order valence-corrected chi connectivity index (χ3v) is 31.9. The SMILES string of the molecule is CC1=C(C)C(C)[C]([Hf]([CH3])(=[SiH2])([Cl])[CH]2C=Cc3ccccc32)=C1C.Cl.Cl. The van der Waals surface area contributed by atoms with Gasteiger partial charge in [-0.15, -0.1) is 24.8 Å². The first-order chi connectivity index (χ1) is 10.1. The molecule has 0 amide bonds. The topological polar surface area (TPSA) is 0 Å². The van der Waals surface area contributed by atoms with Crippen LogP contribution in [0.3, 0.4) is 0 Å². The Hall–Kier alpha value is 0.397. The first-order valence-electron chi connectivity index (χ1n) is 8.06. The van der Waals surface area contributed by atoms with Crippen molar-refractivity contribution in [2.24, 2.45) is 5.92 Å². The number of halogens is 3. The Morgan fingerprint density at radius 1 is 1.04 bits per heavy atom. The van der Waals surface area contributed by atoms with Gasteiger partial charge in [0.05, 0.1) is 0 Å². The van der Waals surface area contributed by atoms with Crippen LogP contribution in [0.1, 0.15) is 42.5 Å². The molecular formula is C19H27Cl3HfSi. The van der Waals surface area contributed by atoms with E-state index >= 15 is 0 Å². The molecule has 2 aliphatic rings. The van der Waals surface area contributed by atoms with E-state index in [1.54, 1.807) is 3.33 Å². The number of hydrogen-bond donors (Lipinski definition) is 0. The van der Waals surface area contributed by atoms with Crippen molar-refractivity contribution in [2.45, 2.75) is 36.0 Å². The van der Waals surface area contributed by atoms with Gasteiger partial charge in [0, 0.05) is 0 Å². The van der Waals surface area contributed by atoms with E-state index in [9.17, 15) is 0 Å². The zero-order valence-corrected chi connectivity index (χ0v) is 22.4. The third-order valence-electron chi connectivity index (χ3n) is 5.96. The van der Waals surface area contributed by atoms with Crippen LogP contribution in [0, 0.1) is 5.92 Å². The van der Waals surface area contributed by atoms with E-state index in [1.807, 2.05) is 0 Å². The average molecular weight is 568 g/mol. The van der Waals surface area contributed by atoms with Gasteiger partial charge < -0.3 is 0 Å². The molecule has 0 aromatic heterocycles. The Balaban J connectivity index is 0.00000144. The van der Waals surface area contributed by atoms with Crippen molar-refractivity contribution < 1.29 is 15.9 Å². The van der Waals surface area contributed by atoms with Gasteiger partial charge in [-0.2, -0.15) is 0 Å². The monoisotopic (exact) mass is 568 g/mol. The zero-order valence-electron chi connectivity index (χ0n) is 15.0. The third kappa shape index (κ3) is 3.22. The van der Waals surface area contributed by atoms with Gasteiger partial charge >= 0.3 is 141 Å². The molecule has 0 bridgehead atoms. The fourth-order valence-corrected chi connectivity index (χ4v) is 32.5. The van der Waals surface area contributed by atoms with Crippen LogP contribution in [0.2, 0.25) is 4.68 Å². The second-order valence-corrected chi connectivity index (χ2v) is 52.8. The molecule has 132 valence electrons. The maximum Gasteiger partial charge on any atom is -0.147 e. The van der Waals surface area contributed by atoms with Gasteiger partial charge in [0.15, 0.2) is 0 Å². The minimum Gasteiger partial charge on any atom is -0.147 e. The van der Waals surface area contributed by atoms with Gasteiger partial charge in [-0.3, -0.25) is 0 Å². The fourth-order valence-electron chi connectivity index (χ4n) is 4.51. The summed E-state index contributed by atoms with van der Waals surface area (Å²) in [6.07, 6.45) is 4.66. The van der Waals surface area contributed by atoms with Crippen LogP contribution < -0.4 is 0 Å². The Labute approximate surface area is 164 Å².